The molecular weight excluding hydrogens is 332 g/mol. The summed E-state index contributed by atoms with van der Waals surface area (Å²) < 4.78 is 5.35. The van der Waals surface area contributed by atoms with Crippen LogP contribution in [-0.2, 0) is 16.1 Å². The molecule has 1 aliphatic heterocycles. The standard InChI is InChI=1S/C19H24N4O3/c1-14(17-20-9-10-21-17)22-18(24)16-7-11-23(12-8-16)19(25)26-13-15-5-3-2-4-6-15/h2-6,9-10,14,16H,7-8,11-13H2,1H3,(H,20,21)(H,22,24)/t14-/m0/s1. The van der Waals surface area contributed by atoms with E-state index in [0.29, 0.717) is 25.9 Å². The van der Waals surface area contributed by atoms with Gasteiger partial charge in [0.25, 0.3) is 0 Å². The smallest absolute Gasteiger partial charge is 0.410 e. The second-order valence-corrected chi connectivity index (χ2v) is 6.51. The van der Waals surface area contributed by atoms with Crippen molar-refractivity contribution in [1.29, 1.82) is 0 Å². The van der Waals surface area contributed by atoms with Crippen molar-refractivity contribution in [2.24, 2.45) is 5.92 Å². The van der Waals surface area contributed by atoms with Crippen molar-refractivity contribution in [3.8, 4) is 0 Å². The van der Waals surface area contributed by atoms with Crippen molar-refractivity contribution in [2.75, 3.05) is 13.1 Å². The molecule has 2 aromatic rings. The van der Waals surface area contributed by atoms with Crippen molar-refractivity contribution in [2.45, 2.75) is 32.4 Å². The van der Waals surface area contributed by atoms with Gasteiger partial charge in [0, 0.05) is 31.4 Å². The summed E-state index contributed by atoms with van der Waals surface area (Å²) in [4.78, 5) is 33.4. The van der Waals surface area contributed by atoms with Gasteiger partial charge in [0.15, 0.2) is 0 Å². The molecule has 2 heterocycles. The number of aromatic amines is 1. The van der Waals surface area contributed by atoms with Crippen molar-refractivity contribution < 1.29 is 14.3 Å². The summed E-state index contributed by atoms with van der Waals surface area (Å²) in [5.41, 5.74) is 0.960. The number of piperidine rings is 1. The highest BCUT2D eigenvalue weighted by Crippen LogP contribution is 2.19. The summed E-state index contributed by atoms with van der Waals surface area (Å²) in [5, 5.41) is 2.98. The summed E-state index contributed by atoms with van der Waals surface area (Å²) in [6.07, 6.45) is 4.35. The first kappa shape index (κ1) is 18.0. The van der Waals surface area contributed by atoms with Gasteiger partial charge >= 0.3 is 6.09 Å². The molecule has 2 amide bonds. The van der Waals surface area contributed by atoms with E-state index in [9.17, 15) is 9.59 Å². The topological polar surface area (TPSA) is 87.3 Å². The Hall–Kier alpha value is -2.83. The second kappa shape index (κ2) is 8.51. The number of hydrogen-bond donors (Lipinski definition) is 2. The highest BCUT2D eigenvalue weighted by Gasteiger charge is 2.29. The van der Waals surface area contributed by atoms with E-state index in [-0.39, 0.29) is 30.6 Å². The Morgan fingerprint density at radius 2 is 2.04 bits per heavy atom. The lowest BCUT2D eigenvalue weighted by molar-refractivity contribution is -0.127. The van der Waals surface area contributed by atoms with Gasteiger partial charge in [-0.25, -0.2) is 9.78 Å². The first-order valence-electron chi connectivity index (χ1n) is 8.89. The van der Waals surface area contributed by atoms with E-state index < -0.39 is 0 Å². The Bertz CT molecular complexity index is 710. The number of carbonyl (C=O) groups is 2. The van der Waals surface area contributed by atoms with E-state index in [2.05, 4.69) is 15.3 Å². The highest BCUT2D eigenvalue weighted by atomic mass is 16.6. The fourth-order valence-electron chi connectivity index (χ4n) is 3.05. The van der Waals surface area contributed by atoms with E-state index in [1.54, 1.807) is 17.3 Å². The number of nitrogens with zero attached hydrogens (tertiary/aromatic N) is 2. The molecule has 0 aliphatic carbocycles. The molecule has 7 nitrogen and oxygen atoms in total. The molecule has 3 rings (SSSR count). The van der Waals surface area contributed by atoms with Crippen LogP contribution in [0.15, 0.2) is 42.7 Å². The maximum atomic E-state index is 12.4. The first-order valence-corrected chi connectivity index (χ1v) is 8.89. The zero-order valence-electron chi connectivity index (χ0n) is 14.9. The van der Waals surface area contributed by atoms with Gasteiger partial charge in [-0.15, -0.1) is 0 Å². The Kier molecular flexibility index (Phi) is 5.88. The van der Waals surface area contributed by atoms with Gasteiger partial charge in [0.1, 0.15) is 12.4 Å². The zero-order chi connectivity index (χ0) is 18.4. The van der Waals surface area contributed by atoms with Gasteiger partial charge in [0.2, 0.25) is 5.91 Å². The molecule has 0 radical (unpaired) electrons. The molecule has 1 aliphatic rings. The van der Waals surface area contributed by atoms with E-state index in [0.717, 1.165) is 11.4 Å². The third-order valence-corrected chi connectivity index (χ3v) is 4.62. The molecule has 0 saturated carbocycles. The van der Waals surface area contributed by atoms with Crippen LogP contribution in [0.1, 0.15) is 37.2 Å². The minimum absolute atomic E-state index is 0.00574. The van der Waals surface area contributed by atoms with Crippen LogP contribution in [0.2, 0.25) is 0 Å². The van der Waals surface area contributed by atoms with E-state index in [4.69, 9.17) is 4.74 Å². The van der Waals surface area contributed by atoms with Crippen LogP contribution in [-0.4, -0.2) is 40.0 Å². The van der Waals surface area contributed by atoms with Gasteiger partial charge in [0.05, 0.1) is 6.04 Å². The molecule has 1 aromatic heterocycles. The van der Waals surface area contributed by atoms with E-state index >= 15 is 0 Å². The van der Waals surface area contributed by atoms with Gasteiger partial charge < -0.3 is 19.9 Å². The zero-order valence-corrected chi connectivity index (χ0v) is 14.9. The van der Waals surface area contributed by atoms with Crippen LogP contribution in [0.3, 0.4) is 0 Å². The van der Waals surface area contributed by atoms with Gasteiger partial charge in [-0.3, -0.25) is 4.79 Å². The average molecular weight is 356 g/mol. The van der Waals surface area contributed by atoms with Crippen LogP contribution in [0.5, 0.6) is 0 Å². The van der Waals surface area contributed by atoms with Gasteiger partial charge in [-0.2, -0.15) is 0 Å². The number of ether oxygens (including phenoxy) is 1. The predicted octanol–water partition coefficient (Wildman–Crippen LogP) is 2.64. The Labute approximate surface area is 152 Å². The van der Waals surface area contributed by atoms with Crippen molar-refractivity contribution in [1.82, 2.24) is 20.2 Å². The number of nitrogens with one attached hydrogen (secondary N) is 2. The lowest BCUT2D eigenvalue weighted by atomic mass is 9.96. The lowest BCUT2D eigenvalue weighted by Crippen LogP contribution is -2.43. The number of benzene rings is 1. The van der Waals surface area contributed by atoms with Gasteiger partial charge in [-0.05, 0) is 25.3 Å². The molecule has 2 N–H and O–H groups in total. The third-order valence-electron chi connectivity index (χ3n) is 4.62. The fraction of sp³-hybridized carbons (Fsp3) is 0.421. The summed E-state index contributed by atoms with van der Waals surface area (Å²) in [6, 6.07) is 9.43. The van der Waals surface area contributed by atoms with E-state index in [1.807, 2.05) is 37.3 Å². The summed E-state index contributed by atoms with van der Waals surface area (Å²) in [6.45, 7) is 3.22. The number of imidazole rings is 1. The third kappa shape index (κ3) is 4.62. The van der Waals surface area contributed by atoms with Crippen molar-refractivity contribution in [3.05, 3.63) is 54.1 Å². The number of hydrogen-bond acceptors (Lipinski definition) is 4. The Morgan fingerprint density at radius 3 is 2.69 bits per heavy atom. The maximum Gasteiger partial charge on any atom is 0.410 e. The SMILES string of the molecule is C[C@H](NC(=O)C1CCN(C(=O)OCc2ccccc2)CC1)c1ncc[nH]1. The molecule has 0 unspecified atom stereocenters. The lowest BCUT2D eigenvalue weighted by Gasteiger charge is -2.31. The normalized spacial score (nSPS) is 16.1. The Balaban J connectivity index is 1.42. The highest BCUT2D eigenvalue weighted by molar-refractivity contribution is 5.79. The summed E-state index contributed by atoms with van der Waals surface area (Å²) in [7, 11) is 0. The number of carbonyl (C=O) groups excluding carboxylic acids is 2. The van der Waals surface area contributed by atoms with E-state index in [1.165, 1.54) is 0 Å². The number of H-pyrrole nitrogens is 1. The van der Waals surface area contributed by atoms with Crippen LogP contribution >= 0.6 is 0 Å². The van der Waals surface area contributed by atoms with Crippen LogP contribution in [0, 0.1) is 5.92 Å². The van der Waals surface area contributed by atoms with Crippen LogP contribution in [0.4, 0.5) is 4.79 Å². The minimum atomic E-state index is -0.323. The van der Waals surface area contributed by atoms with Crippen molar-refractivity contribution in [3.63, 3.8) is 0 Å². The molecule has 138 valence electrons. The van der Waals surface area contributed by atoms with Gasteiger partial charge in [-0.1, -0.05) is 30.3 Å². The Morgan fingerprint density at radius 1 is 1.31 bits per heavy atom. The minimum Gasteiger partial charge on any atom is -0.445 e. The molecule has 1 saturated heterocycles. The van der Waals surface area contributed by atoms with Crippen molar-refractivity contribution >= 4 is 12.0 Å². The van der Waals surface area contributed by atoms with Crippen LogP contribution in [0.25, 0.3) is 0 Å². The fourth-order valence-corrected chi connectivity index (χ4v) is 3.05. The van der Waals surface area contributed by atoms with Crippen LogP contribution < -0.4 is 5.32 Å². The molecule has 1 atom stereocenters. The monoisotopic (exact) mass is 356 g/mol. The first-order chi connectivity index (χ1) is 12.6. The largest absolute Gasteiger partial charge is 0.445 e. The molecule has 1 aromatic carbocycles. The molecular formula is C19H24N4O3. The predicted molar refractivity (Wildman–Crippen MR) is 96.1 cm³/mol. The average Bonchev–Trinajstić information content (AvgIpc) is 3.22. The number of likely N-dealkylation sites (tertiary alicyclic amines) is 1. The molecule has 26 heavy (non-hydrogen) atoms. The number of aromatic nitrogens is 2. The number of amides is 2. The summed E-state index contributed by atoms with van der Waals surface area (Å²) >= 11 is 0. The quantitative estimate of drug-likeness (QED) is 0.862. The number of rotatable bonds is 5. The molecule has 7 heteroatoms. The summed E-state index contributed by atoms with van der Waals surface area (Å²) in [5.74, 6) is 0.650. The molecule has 1 fully saturated rings. The molecule has 0 spiro atoms. The maximum absolute atomic E-state index is 12.4. The second-order valence-electron chi connectivity index (χ2n) is 6.51. The molecule has 0 bridgehead atoms.